The number of carbonyl (C=O) groups excluding carboxylic acids is 1. The molecule has 1 amide bonds. The van der Waals surface area contributed by atoms with Gasteiger partial charge in [0.2, 0.25) is 5.91 Å². The summed E-state index contributed by atoms with van der Waals surface area (Å²) in [6.45, 7) is 16.5. The van der Waals surface area contributed by atoms with E-state index in [1.54, 1.807) is 12.3 Å². The zero-order valence-corrected chi connectivity index (χ0v) is 22.0. The van der Waals surface area contributed by atoms with Gasteiger partial charge in [-0.05, 0) is 52.1 Å². The molecule has 0 saturated carbocycles. The lowest BCUT2D eigenvalue weighted by Crippen LogP contribution is -2.20. The Labute approximate surface area is 206 Å². The van der Waals surface area contributed by atoms with Crippen LogP contribution in [0.5, 0.6) is 11.5 Å². The van der Waals surface area contributed by atoms with Crippen molar-refractivity contribution < 1.29 is 14.6 Å². The predicted octanol–water partition coefficient (Wildman–Crippen LogP) is 6.40. The highest BCUT2D eigenvalue weighted by Crippen LogP contribution is 2.40. The molecule has 0 aromatic heterocycles. The third-order valence-corrected chi connectivity index (χ3v) is 5.64. The van der Waals surface area contributed by atoms with E-state index in [4.69, 9.17) is 4.74 Å². The van der Waals surface area contributed by atoms with Crippen molar-refractivity contribution in [2.24, 2.45) is 5.10 Å². The van der Waals surface area contributed by atoms with Crippen LogP contribution in [0.25, 0.3) is 0 Å². The smallest absolute Gasteiger partial charge is 0.240 e. The molecule has 2 aromatic rings. The van der Waals surface area contributed by atoms with Crippen LogP contribution in [0.2, 0.25) is 0 Å². The molecule has 178 valence electrons. The number of phenolic OH excluding ortho intramolecular Hbond substituents is 1. The third-order valence-electron chi connectivity index (χ3n) is 5.15. The Kier molecular flexibility index (Phi) is 8.89. The first kappa shape index (κ1) is 26.7. The Morgan fingerprint density at radius 1 is 1.12 bits per heavy atom. The molecule has 0 heterocycles. The van der Waals surface area contributed by atoms with Crippen LogP contribution in [-0.2, 0) is 22.0 Å². The van der Waals surface area contributed by atoms with Crippen LogP contribution in [0.4, 0.5) is 0 Å². The number of benzene rings is 2. The standard InChI is InChI=1S/C27H35BrN2O3/c1-8-13-33-23-11-10-20(28)16-19(23)17-29-30-24(31)12-9-18-14-21(26(2,3)4)25(32)22(15-18)27(5,6)7/h8,10-11,14-17,32H,1,9,12-13H2,2-7H3,(H,30,31)/b29-17-. The topological polar surface area (TPSA) is 70.9 Å². The Balaban J connectivity index is 2.11. The van der Waals surface area contributed by atoms with Gasteiger partial charge in [-0.25, -0.2) is 5.43 Å². The molecule has 33 heavy (non-hydrogen) atoms. The van der Waals surface area contributed by atoms with E-state index in [1.807, 2.05) is 30.3 Å². The van der Waals surface area contributed by atoms with E-state index in [2.05, 4.69) is 74.6 Å². The van der Waals surface area contributed by atoms with Crippen molar-refractivity contribution in [2.45, 2.75) is 65.2 Å². The highest BCUT2D eigenvalue weighted by atomic mass is 79.9. The molecular weight excluding hydrogens is 480 g/mol. The summed E-state index contributed by atoms with van der Waals surface area (Å²) in [5.41, 5.74) is 5.74. The minimum Gasteiger partial charge on any atom is -0.507 e. The number of rotatable bonds is 8. The molecular formula is C27H35BrN2O3. The number of nitrogens with zero attached hydrogens (tertiary/aromatic N) is 1. The maximum absolute atomic E-state index is 12.4. The second-order valence-electron chi connectivity index (χ2n) is 10.1. The SMILES string of the molecule is C=CCOc1ccc(Br)cc1/C=N\NC(=O)CCc1cc(C(C)(C)C)c(O)c(C(C)(C)C)c1. The number of nitrogens with one attached hydrogen (secondary N) is 1. The number of aryl methyl sites for hydroxylation is 1. The first-order valence-corrected chi connectivity index (χ1v) is 11.8. The summed E-state index contributed by atoms with van der Waals surface area (Å²) in [6.07, 6.45) is 4.08. The van der Waals surface area contributed by atoms with E-state index in [0.29, 0.717) is 24.5 Å². The second kappa shape index (κ2) is 11.0. The fourth-order valence-electron chi connectivity index (χ4n) is 3.37. The van der Waals surface area contributed by atoms with E-state index in [9.17, 15) is 9.90 Å². The van der Waals surface area contributed by atoms with Crippen LogP contribution in [0, 0.1) is 0 Å². The van der Waals surface area contributed by atoms with Gasteiger partial charge in [0, 0.05) is 16.5 Å². The summed E-state index contributed by atoms with van der Waals surface area (Å²) >= 11 is 3.44. The lowest BCUT2D eigenvalue weighted by atomic mass is 9.78. The van der Waals surface area contributed by atoms with Gasteiger partial charge in [-0.2, -0.15) is 5.10 Å². The Morgan fingerprint density at radius 3 is 2.27 bits per heavy atom. The normalized spacial score (nSPS) is 12.1. The minimum absolute atomic E-state index is 0.183. The molecule has 6 heteroatoms. The largest absolute Gasteiger partial charge is 0.507 e. The molecule has 2 rings (SSSR count). The number of ether oxygens (including phenoxy) is 1. The molecule has 0 radical (unpaired) electrons. The highest BCUT2D eigenvalue weighted by Gasteiger charge is 2.26. The molecule has 0 saturated heterocycles. The number of hydrogen-bond donors (Lipinski definition) is 2. The van der Waals surface area contributed by atoms with Crippen LogP contribution >= 0.6 is 15.9 Å². The van der Waals surface area contributed by atoms with Gasteiger partial charge in [0.05, 0.1) is 6.21 Å². The van der Waals surface area contributed by atoms with Crippen LogP contribution < -0.4 is 10.2 Å². The molecule has 5 nitrogen and oxygen atoms in total. The summed E-state index contributed by atoms with van der Waals surface area (Å²) < 4.78 is 6.51. The average Bonchev–Trinajstić information content (AvgIpc) is 2.70. The van der Waals surface area contributed by atoms with E-state index in [0.717, 1.165) is 26.7 Å². The molecule has 0 aliphatic carbocycles. The molecule has 0 bridgehead atoms. The fraction of sp³-hybridized carbons (Fsp3) is 0.407. The number of aromatic hydroxyl groups is 1. The number of phenols is 1. The fourth-order valence-corrected chi connectivity index (χ4v) is 3.75. The summed E-state index contributed by atoms with van der Waals surface area (Å²) in [6, 6.07) is 9.59. The van der Waals surface area contributed by atoms with Crippen LogP contribution in [0.3, 0.4) is 0 Å². The number of carbonyl (C=O) groups is 1. The first-order chi connectivity index (χ1) is 15.3. The lowest BCUT2D eigenvalue weighted by molar-refractivity contribution is -0.121. The van der Waals surface area contributed by atoms with Crippen molar-refractivity contribution >= 4 is 28.1 Å². The lowest BCUT2D eigenvalue weighted by Gasteiger charge is -2.28. The molecule has 0 fully saturated rings. The number of amides is 1. The van der Waals surface area contributed by atoms with Gasteiger partial charge in [-0.1, -0.05) is 82.3 Å². The molecule has 0 spiro atoms. The van der Waals surface area contributed by atoms with Gasteiger partial charge in [0.25, 0.3) is 0 Å². The summed E-state index contributed by atoms with van der Waals surface area (Å²) in [5.74, 6) is 0.818. The van der Waals surface area contributed by atoms with Crippen molar-refractivity contribution in [3.63, 3.8) is 0 Å². The summed E-state index contributed by atoms with van der Waals surface area (Å²) in [5, 5.41) is 15.0. The minimum atomic E-state index is -0.206. The molecule has 2 aromatic carbocycles. The van der Waals surface area contributed by atoms with Crippen LogP contribution in [0.1, 0.15) is 70.2 Å². The Morgan fingerprint density at radius 2 is 1.73 bits per heavy atom. The quantitative estimate of drug-likeness (QED) is 0.243. The first-order valence-electron chi connectivity index (χ1n) is 11.0. The van der Waals surface area contributed by atoms with E-state index < -0.39 is 0 Å². The van der Waals surface area contributed by atoms with Crippen LogP contribution in [-0.4, -0.2) is 23.8 Å². The van der Waals surface area contributed by atoms with Gasteiger partial charge in [-0.15, -0.1) is 0 Å². The average molecular weight is 515 g/mol. The van der Waals surface area contributed by atoms with E-state index in [-0.39, 0.29) is 23.2 Å². The molecule has 0 unspecified atom stereocenters. The zero-order chi connectivity index (χ0) is 24.8. The Bertz CT molecular complexity index is 996. The summed E-state index contributed by atoms with van der Waals surface area (Å²) in [4.78, 5) is 12.4. The van der Waals surface area contributed by atoms with E-state index in [1.165, 1.54) is 0 Å². The maximum atomic E-state index is 12.4. The number of halogens is 1. The Hall–Kier alpha value is -2.60. The molecule has 0 atom stereocenters. The van der Waals surface area contributed by atoms with E-state index >= 15 is 0 Å². The molecule has 0 aliphatic rings. The third kappa shape index (κ3) is 7.74. The highest BCUT2D eigenvalue weighted by molar-refractivity contribution is 9.10. The summed E-state index contributed by atoms with van der Waals surface area (Å²) in [7, 11) is 0. The van der Waals surface area contributed by atoms with Crippen molar-refractivity contribution in [1.82, 2.24) is 5.43 Å². The van der Waals surface area contributed by atoms with Gasteiger partial charge in [0.1, 0.15) is 18.1 Å². The monoisotopic (exact) mass is 514 g/mol. The van der Waals surface area contributed by atoms with Crippen molar-refractivity contribution in [3.05, 3.63) is 69.7 Å². The molecule has 2 N–H and O–H groups in total. The van der Waals surface area contributed by atoms with Gasteiger partial charge in [-0.3, -0.25) is 4.79 Å². The van der Waals surface area contributed by atoms with Crippen molar-refractivity contribution in [1.29, 1.82) is 0 Å². The predicted molar refractivity (Wildman–Crippen MR) is 139 cm³/mol. The second-order valence-corrected chi connectivity index (χ2v) is 11.0. The molecule has 0 aliphatic heterocycles. The van der Waals surface area contributed by atoms with Crippen molar-refractivity contribution in [3.8, 4) is 11.5 Å². The maximum Gasteiger partial charge on any atom is 0.240 e. The zero-order valence-electron chi connectivity index (χ0n) is 20.5. The number of hydrazone groups is 1. The van der Waals surface area contributed by atoms with Crippen molar-refractivity contribution in [2.75, 3.05) is 6.61 Å². The van der Waals surface area contributed by atoms with Gasteiger partial charge < -0.3 is 9.84 Å². The van der Waals surface area contributed by atoms with Gasteiger partial charge in [0.15, 0.2) is 0 Å². The van der Waals surface area contributed by atoms with Crippen LogP contribution in [0.15, 0.2) is 52.6 Å². The van der Waals surface area contributed by atoms with Gasteiger partial charge >= 0.3 is 0 Å². The number of hydrogen-bond acceptors (Lipinski definition) is 4.